The van der Waals surface area contributed by atoms with Gasteiger partial charge in [-0.3, -0.25) is 4.79 Å². The van der Waals surface area contributed by atoms with Gasteiger partial charge in [0, 0.05) is 5.92 Å². The molecule has 0 amide bonds. The molecular formula is C11H14O. The summed E-state index contributed by atoms with van der Waals surface area (Å²) in [5.74, 6) is 0.348. The van der Waals surface area contributed by atoms with Crippen LogP contribution >= 0.6 is 0 Å². The third-order valence-electron chi connectivity index (χ3n) is 1.93. The number of rotatable bonds is 2. The van der Waals surface area contributed by atoms with Gasteiger partial charge in [0.05, 0.1) is 5.92 Å². The van der Waals surface area contributed by atoms with Gasteiger partial charge in [0.2, 0.25) is 0 Å². The van der Waals surface area contributed by atoms with Gasteiger partial charge in [0.15, 0.2) is 0 Å². The van der Waals surface area contributed by atoms with E-state index in [0.29, 0.717) is 0 Å². The Morgan fingerprint density at radius 1 is 1.42 bits per heavy atom. The van der Waals surface area contributed by atoms with Gasteiger partial charge < -0.3 is 0 Å². The lowest BCUT2D eigenvalue weighted by Gasteiger charge is -2.12. The van der Waals surface area contributed by atoms with E-state index >= 15 is 0 Å². The number of carbonyl (C=O) groups is 1. The van der Waals surface area contributed by atoms with E-state index in [1.165, 1.54) is 0 Å². The van der Waals surface area contributed by atoms with Gasteiger partial charge in [-0.05, 0) is 5.57 Å². The highest BCUT2D eigenvalue weighted by Crippen LogP contribution is 2.16. The molecule has 12 heavy (non-hydrogen) atoms. The van der Waals surface area contributed by atoms with E-state index in [2.05, 4.69) is 6.58 Å². The second-order valence-corrected chi connectivity index (χ2v) is 3.38. The van der Waals surface area contributed by atoms with Crippen molar-refractivity contribution >= 4 is 5.78 Å². The molecule has 0 atom stereocenters. The Morgan fingerprint density at radius 3 is 2.33 bits per heavy atom. The number of ketones is 1. The number of Topliss-reactive ketones (excluding diaryl/α,β-unsaturated/α-hetero) is 1. The maximum Gasteiger partial charge on any atom is 0.146 e. The molecular weight excluding hydrogens is 148 g/mol. The van der Waals surface area contributed by atoms with Crippen LogP contribution in [0.1, 0.15) is 13.8 Å². The first kappa shape index (κ1) is 8.98. The van der Waals surface area contributed by atoms with E-state index in [1.54, 1.807) is 0 Å². The zero-order chi connectivity index (χ0) is 9.14. The Morgan fingerprint density at radius 2 is 1.92 bits per heavy atom. The van der Waals surface area contributed by atoms with Crippen LogP contribution < -0.4 is 0 Å². The maximum atomic E-state index is 11.5. The molecule has 0 heterocycles. The second-order valence-electron chi connectivity index (χ2n) is 3.38. The van der Waals surface area contributed by atoms with Gasteiger partial charge in [-0.2, -0.15) is 0 Å². The molecule has 0 aromatic rings. The van der Waals surface area contributed by atoms with Crippen LogP contribution in [0.4, 0.5) is 0 Å². The molecule has 0 N–H and O–H groups in total. The summed E-state index contributed by atoms with van der Waals surface area (Å²) in [5.41, 5.74) is 0.961. The molecule has 0 saturated heterocycles. The zero-order valence-corrected chi connectivity index (χ0v) is 7.58. The highest BCUT2D eigenvalue weighted by molar-refractivity contribution is 5.86. The Kier molecular flexibility index (Phi) is 2.64. The smallest absolute Gasteiger partial charge is 0.146 e. The predicted octanol–water partition coefficient (Wildman–Crippen LogP) is 2.51. The van der Waals surface area contributed by atoms with E-state index in [4.69, 9.17) is 0 Å². The van der Waals surface area contributed by atoms with Crippen molar-refractivity contribution in [1.82, 2.24) is 0 Å². The van der Waals surface area contributed by atoms with Crippen molar-refractivity contribution in [2.24, 2.45) is 11.8 Å². The van der Waals surface area contributed by atoms with Crippen LogP contribution in [0.15, 0.2) is 36.5 Å². The van der Waals surface area contributed by atoms with Gasteiger partial charge in [-0.1, -0.05) is 44.7 Å². The molecule has 0 fully saturated rings. The van der Waals surface area contributed by atoms with Crippen LogP contribution in [-0.2, 0) is 4.79 Å². The molecule has 0 aromatic carbocycles. The summed E-state index contributed by atoms with van der Waals surface area (Å²) in [4.78, 5) is 11.5. The SMILES string of the molecule is C=C1C=CC(C(=O)C(C)C)C=C1. The van der Waals surface area contributed by atoms with Gasteiger partial charge in [0.1, 0.15) is 5.78 Å². The average Bonchev–Trinajstić information content (AvgIpc) is 2.04. The van der Waals surface area contributed by atoms with E-state index in [9.17, 15) is 4.79 Å². The molecule has 1 nitrogen and oxygen atoms in total. The first-order chi connectivity index (χ1) is 5.61. The lowest BCUT2D eigenvalue weighted by molar-refractivity contribution is -0.123. The summed E-state index contributed by atoms with van der Waals surface area (Å²) in [7, 11) is 0. The first-order valence-electron chi connectivity index (χ1n) is 4.20. The van der Waals surface area contributed by atoms with Crippen LogP contribution in [0, 0.1) is 11.8 Å². The summed E-state index contributed by atoms with van der Waals surface area (Å²) in [6.45, 7) is 7.62. The molecule has 0 bridgehead atoms. The van der Waals surface area contributed by atoms with Gasteiger partial charge in [-0.15, -0.1) is 0 Å². The number of hydrogen-bond donors (Lipinski definition) is 0. The van der Waals surface area contributed by atoms with Crippen molar-refractivity contribution in [3.05, 3.63) is 36.5 Å². The molecule has 0 unspecified atom stereocenters. The largest absolute Gasteiger partial charge is 0.298 e. The van der Waals surface area contributed by atoms with Crippen molar-refractivity contribution in [2.45, 2.75) is 13.8 Å². The number of carbonyl (C=O) groups excluding carboxylic acids is 1. The number of hydrogen-bond acceptors (Lipinski definition) is 1. The van der Waals surface area contributed by atoms with E-state index < -0.39 is 0 Å². The molecule has 0 spiro atoms. The predicted molar refractivity (Wildman–Crippen MR) is 50.8 cm³/mol. The Bertz CT molecular complexity index is 240. The fourth-order valence-electron chi connectivity index (χ4n) is 1.15. The summed E-state index contributed by atoms with van der Waals surface area (Å²) in [5, 5.41) is 0. The Hall–Kier alpha value is -1.11. The summed E-state index contributed by atoms with van der Waals surface area (Å²) in [6.07, 6.45) is 7.60. The molecule has 0 saturated carbocycles. The summed E-state index contributed by atoms with van der Waals surface area (Å²) in [6, 6.07) is 0. The average molecular weight is 162 g/mol. The molecule has 1 heteroatoms. The molecule has 1 aliphatic rings. The van der Waals surface area contributed by atoms with E-state index in [-0.39, 0.29) is 17.6 Å². The third-order valence-corrected chi connectivity index (χ3v) is 1.93. The maximum absolute atomic E-state index is 11.5. The van der Waals surface area contributed by atoms with Crippen LogP contribution in [0.3, 0.4) is 0 Å². The van der Waals surface area contributed by atoms with Crippen LogP contribution in [0.5, 0.6) is 0 Å². The monoisotopic (exact) mass is 162 g/mol. The fourth-order valence-corrected chi connectivity index (χ4v) is 1.15. The van der Waals surface area contributed by atoms with Crippen molar-refractivity contribution in [1.29, 1.82) is 0 Å². The summed E-state index contributed by atoms with van der Waals surface area (Å²) >= 11 is 0. The zero-order valence-electron chi connectivity index (χ0n) is 7.58. The molecule has 1 rings (SSSR count). The molecule has 1 aliphatic carbocycles. The summed E-state index contributed by atoms with van der Waals surface area (Å²) < 4.78 is 0. The van der Waals surface area contributed by atoms with Gasteiger partial charge in [-0.25, -0.2) is 0 Å². The van der Waals surface area contributed by atoms with Crippen LogP contribution in [0.2, 0.25) is 0 Å². The first-order valence-corrected chi connectivity index (χ1v) is 4.20. The topological polar surface area (TPSA) is 17.1 Å². The quantitative estimate of drug-likeness (QED) is 0.609. The Labute approximate surface area is 73.5 Å². The van der Waals surface area contributed by atoms with Crippen molar-refractivity contribution in [3.63, 3.8) is 0 Å². The van der Waals surface area contributed by atoms with Crippen molar-refractivity contribution in [3.8, 4) is 0 Å². The second kappa shape index (κ2) is 3.53. The lowest BCUT2D eigenvalue weighted by Crippen LogP contribution is -2.17. The van der Waals surface area contributed by atoms with Crippen molar-refractivity contribution in [2.75, 3.05) is 0 Å². The van der Waals surface area contributed by atoms with Crippen molar-refractivity contribution < 1.29 is 4.79 Å². The lowest BCUT2D eigenvalue weighted by atomic mass is 9.91. The van der Waals surface area contributed by atoms with Crippen LogP contribution in [-0.4, -0.2) is 5.78 Å². The minimum Gasteiger partial charge on any atom is -0.298 e. The van der Waals surface area contributed by atoms with E-state index in [0.717, 1.165) is 5.57 Å². The molecule has 0 aromatic heterocycles. The highest BCUT2D eigenvalue weighted by Gasteiger charge is 2.16. The van der Waals surface area contributed by atoms with Gasteiger partial charge in [0.25, 0.3) is 0 Å². The normalized spacial score (nSPS) is 17.4. The third kappa shape index (κ3) is 1.94. The Balaban J connectivity index is 2.68. The van der Waals surface area contributed by atoms with Crippen LogP contribution in [0.25, 0.3) is 0 Å². The highest BCUT2D eigenvalue weighted by atomic mass is 16.1. The standard InChI is InChI=1S/C11H14O/c1-8(2)11(12)10-6-4-9(3)5-7-10/h4-8,10H,3H2,1-2H3. The fraction of sp³-hybridized carbons (Fsp3) is 0.364. The number of allylic oxidation sites excluding steroid dienone is 5. The molecule has 0 aliphatic heterocycles. The van der Waals surface area contributed by atoms with E-state index in [1.807, 2.05) is 38.2 Å². The van der Waals surface area contributed by atoms with Gasteiger partial charge >= 0.3 is 0 Å². The molecule has 0 radical (unpaired) electrons. The molecule has 64 valence electrons. The minimum absolute atomic E-state index is 0.0319. The minimum atomic E-state index is -0.0319.